The number of hydrogen-bond donors (Lipinski definition) is 1. The summed E-state index contributed by atoms with van der Waals surface area (Å²) in [6.07, 6.45) is 0.973. The molecule has 1 aromatic heterocycles. The van der Waals surface area contributed by atoms with Crippen LogP contribution in [-0.4, -0.2) is 52.2 Å². The van der Waals surface area contributed by atoms with Crippen molar-refractivity contribution in [1.82, 2.24) is 9.47 Å². The smallest absolute Gasteiger partial charge is 0.339 e. The average molecular weight is 414 g/mol. The van der Waals surface area contributed by atoms with Crippen molar-refractivity contribution in [2.45, 2.75) is 6.54 Å². The van der Waals surface area contributed by atoms with Crippen LogP contribution >= 0.6 is 0 Å². The van der Waals surface area contributed by atoms with Gasteiger partial charge in [0, 0.05) is 25.0 Å². The Balaban J connectivity index is 1.87. The van der Waals surface area contributed by atoms with Gasteiger partial charge in [0.1, 0.15) is 6.54 Å². The van der Waals surface area contributed by atoms with E-state index in [9.17, 15) is 34.1 Å². The number of carbonyl (C=O) groups excluding carboxylic acids is 4. The Labute approximate surface area is 167 Å². The zero-order chi connectivity index (χ0) is 22.2. The lowest BCUT2D eigenvalue weighted by Crippen LogP contribution is -2.29. The van der Waals surface area contributed by atoms with Crippen LogP contribution in [0.2, 0.25) is 0 Å². The lowest BCUT2D eigenvalue weighted by atomic mass is 10.1. The molecule has 12 nitrogen and oxygen atoms in total. The SMILES string of the molecule is COC(=O)c1cc([N+](=O)[O-])c(=O)n(CC(=O)Nc2ccc3c(c2)C(=O)N(C)C3=O)c1. The Morgan fingerprint density at radius 2 is 1.80 bits per heavy atom. The Bertz CT molecular complexity index is 1180. The summed E-state index contributed by atoms with van der Waals surface area (Å²) in [6, 6.07) is 4.86. The second kappa shape index (κ2) is 7.58. The first-order valence-corrected chi connectivity index (χ1v) is 8.37. The molecule has 0 bridgehead atoms. The number of anilines is 1. The van der Waals surface area contributed by atoms with Crippen LogP contribution in [-0.2, 0) is 16.1 Å². The number of amides is 3. The van der Waals surface area contributed by atoms with E-state index in [1.807, 2.05) is 0 Å². The van der Waals surface area contributed by atoms with Crippen LogP contribution in [0.4, 0.5) is 11.4 Å². The monoisotopic (exact) mass is 414 g/mol. The maximum Gasteiger partial charge on any atom is 0.339 e. The summed E-state index contributed by atoms with van der Waals surface area (Å²) in [4.78, 5) is 71.3. The van der Waals surface area contributed by atoms with E-state index in [1.54, 1.807) is 0 Å². The summed E-state index contributed by atoms with van der Waals surface area (Å²) < 4.78 is 5.20. The quantitative estimate of drug-likeness (QED) is 0.319. The normalized spacial score (nSPS) is 12.5. The van der Waals surface area contributed by atoms with E-state index < -0.39 is 46.4 Å². The highest BCUT2D eigenvalue weighted by atomic mass is 16.6. The van der Waals surface area contributed by atoms with Gasteiger partial charge >= 0.3 is 17.2 Å². The summed E-state index contributed by atoms with van der Waals surface area (Å²) in [6.45, 7) is -0.644. The summed E-state index contributed by atoms with van der Waals surface area (Å²) in [7, 11) is 2.39. The molecule has 154 valence electrons. The van der Waals surface area contributed by atoms with Crippen LogP contribution in [0.3, 0.4) is 0 Å². The number of methoxy groups -OCH3 is 1. The van der Waals surface area contributed by atoms with Crippen LogP contribution in [0.1, 0.15) is 31.1 Å². The number of ether oxygens (including phenoxy) is 1. The molecule has 3 amide bonds. The molecule has 0 spiro atoms. The van der Waals surface area contributed by atoms with E-state index in [0.717, 1.165) is 24.3 Å². The molecule has 12 heteroatoms. The molecule has 0 saturated carbocycles. The van der Waals surface area contributed by atoms with E-state index in [1.165, 1.54) is 25.2 Å². The minimum Gasteiger partial charge on any atom is -0.465 e. The Kier molecular flexibility index (Phi) is 5.15. The van der Waals surface area contributed by atoms with Gasteiger partial charge in [0.2, 0.25) is 5.91 Å². The molecule has 3 rings (SSSR count). The number of imide groups is 1. The molecule has 0 fully saturated rings. The topological polar surface area (TPSA) is 158 Å². The molecule has 0 atom stereocenters. The first kappa shape index (κ1) is 20.4. The molecule has 1 aliphatic heterocycles. The van der Waals surface area contributed by atoms with Crippen molar-refractivity contribution in [3.63, 3.8) is 0 Å². The highest BCUT2D eigenvalue weighted by Gasteiger charge is 2.32. The van der Waals surface area contributed by atoms with Crippen molar-refractivity contribution in [2.24, 2.45) is 0 Å². The minimum absolute atomic E-state index is 0.112. The van der Waals surface area contributed by atoms with Gasteiger partial charge in [-0.15, -0.1) is 0 Å². The van der Waals surface area contributed by atoms with E-state index in [-0.39, 0.29) is 22.4 Å². The molecule has 30 heavy (non-hydrogen) atoms. The van der Waals surface area contributed by atoms with Crippen LogP contribution < -0.4 is 10.9 Å². The second-order valence-electron chi connectivity index (χ2n) is 6.27. The Morgan fingerprint density at radius 3 is 2.43 bits per heavy atom. The third-order valence-electron chi connectivity index (χ3n) is 4.37. The van der Waals surface area contributed by atoms with Gasteiger partial charge in [0.25, 0.3) is 11.8 Å². The summed E-state index contributed by atoms with van der Waals surface area (Å²) >= 11 is 0. The van der Waals surface area contributed by atoms with Gasteiger partial charge in [-0.25, -0.2) is 4.79 Å². The summed E-state index contributed by atoms with van der Waals surface area (Å²) in [5.74, 6) is -2.66. The number of aromatic nitrogens is 1. The Morgan fingerprint density at radius 1 is 1.13 bits per heavy atom. The molecule has 2 heterocycles. The number of carbonyl (C=O) groups is 4. The molecule has 0 radical (unpaired) electrons. The van der Waals surface area contributed by atoms with Gasteiger partial charge in [0.15, 0.2) is 0 Å². The number of fused-ring (bicyclic) bond motifs is 1. The maximum absolute atomic E-state index is 12.4. The highest BCUT2D eigenvalue weighted by Crippen LogP contribution is 2.24. The van der Waals surface area contributed by atoms with Crippen LogP contribution in [0.25, 0.3) is 0 Å². The molecular weight excluding hydrogens is 400 g/mol. The van der Waals surface area contributed by atoms with E-state index >= 15 is 0 Å². The number of esters is 1. The van der Waals surface area contributed by atoms with Crippen molar-refractivity contribution in [3.05, 3.63) is 67.6 Å². The molecule has 0 unspecified atom stereocenters. The fraction of sp³-hybridized carbons (Fsp3) is 0.167. The molecule has 0 saturated heterocycles. The standard InChI is InChI=1S/C18H14N4O8/c1-20-15(24)11-4-3-10(6-12(11)16(20)25)19-14(23)8-21-7-9(18(27)30-2)5-13(17(21)26)22(28)29/h3-7H,8H2,1-2H3,(H,19,23). The lowest BCUT2D eigenvalue weighted by Gasteiger charge is -2.09. The van der Waals surface area contributed by atoms with Gasteiger partial charge in [-0.1, -0.05) is 0 Å². The van der Waals surface area contributed by atoms with Gasteiger partial charge in [-0.05, 0) is 18.2 Å². The number of pyridine rings is 1. The average Bonchev–Trinajstić information content (AvgIpc) is 2.92. The fourth-order valence-corrected chi connectivity index (χ4v) is 2.89. The van der Waals surface area contributed by atoms with E-state index in [4.69, 9.17) is 0 Å². The Hall–Kier alpha value is -4.35. The van der Waals surface area contributed by atoms with Crippen molar-refractivity contribution in [1.29, 1.82) is 0 Å². The van der Waals surface area contributed by atoms with Crippen molar-refractivity contribution >= 4 is 35.1 Å². The fourth-order valence-electron chi connectivity index (χ4n) is 2.89. The predicted octanol–water partition coefficient (Wildman–Crippen LogP) is 0.408. The summed E-state index contributed by atoms with van der Waals surface area (Å²) in [5.41, 5.74) is -1.77. The molecular formula is C18H14N4O8. The molecule has 2 aromatic rings. The van der Waals surface area contributed by atoms with Gasteiger partial charge in [-0.2, -0.15) is 0 Å². The van der Waals surface area contributed by atoms with Crippen molar-refractivity contribution < 1.29 is 28.8 Å². The molecule has 0 aliphatic carbocycles. The van der Waals surface area contributed by atoms with Crippen molar-refractivity contribution in [3.8, 4) is 0 Å². The molecule has 1 aliphatic rings. The number of benzene rings is 1. The maximum atomic E-state index is 12.4. The third-order valence-corrected chi connectivity index (χ3v) is 4.37. The molecule has 1 aromatic carbocycles. The van der Waals surface area contributed by atoms with Gasteiger partial charge in [0.05, 0.1) is 28.7 Å². The van der Waals surface area contributed by atoms with Crippen LogP contribution in [0.5, 0.6) is 0 Å². The first-order valence-electron chi connectivity index (χ1n) is 8.37. The van der Waals surface area contributed by atoms with E-state index in [2.05, 4.69) is 10.1 Å². The zero-order valence-electron chi connectivity index (χ0n) is 15.7. The number of nitro groups is 1. The largest absolute Gasteiger partial charge is 0.465 e. The number of nitrogens with zero attached hydrogens (tertiary/aromatic N) is 3. The summed E-state index contributed by atoms with van der Waals surface area (Å²) in [5, 5.41) is 13.5. The van der Waals surface area contributed by atoms with E-state index in [0.29, 0.717) is 4.57 Å². The predicted molar refractivity (Wildman–Crippen MR) is 100 cm³/mol. The van der Waals surface area contributed by atoms with Crippen molar-refractivity contribution in [2.75, 3.05) is 19.5 Å². The third kappa shape index (κ3) is 3.53. The lowest BCUT2D eigenvalue weighted by molar-refractivity contribution is -0.386. The van der Waals surface area contributed by atoms with Gasteiger partial charge < -0.3 is 10.1 Å². The number of nitrogens with one attached hydrogen (secondary N) is 1. The van der Waals surface area contributed by atoms with Crippen LogP contribution in [0, 0.1) is 10.1 Å². The minimum atomic E-state index is -1.08. The zero-order valence-corrected chi connectivity index (χ0v) is 15.7. The number of hydrogen-bond acceptors (Lipinski definition) is 8. The first-order chi connectivity index (χ1) is 14.1. The highest BCUT2D eigenvalue weighted by molar-refractivity contribution is 6.21. The second-order valence-corrected chi connectivity index (χ2v) is 6.27. The van der Waals surface area contributed by atoms with Gasteiger partial charge in [-0.3, -0.25) is 38.8 Å². The molecule has 1 N–H and O–H groups in total. The number of rotatable bonds is 5. The van der Waals surface area contributed by atoms with Crippen LogP contribution in [0.15, 0.2) is 35.3 Å².